The smallest absolute Gasteiger partial charge is 0.412 e. The van der Waals surface area contributed by atoms with Crippen LogP contribution >= 0.6 is 0 Å². The summed E-state index contributed by atoms with van der Waals surface area (Å²) in [6.07, 6.45) is 4.46. The van der Waals surface area contributed by atoms with E-state index in [1.165, 1.54) is 25.8 Å². The summed E-state index contributed by atoms with van der Waals surface area (Å²) in [5.74, 6) is -0.0829. The van der Waals surface area contributed by atoms with Gasteiger partial charge in [-0.25, -0.2) is 4.79 Å². The number of hydrogen-bond donors (Lipinski definition) is 3. The maximum absolute atomic E-state index is 12.3. The summed E-state index contributed by atoms with van der Waals surface area (Å²) in [6, 6.07) is 7.57. The molecule has 1 aromatic carbocycles. The molecular formula is C21H34N3O3+. The topological polar surface area (TPSA) is 71.9 Å². The average Bonchev–Trinajstić information content (AvgIpc) is 2.59. The van der Waals surface area contributed by atoms with Crippen molar-refractivity contribution in [1.82, 2.24) is 5.32 Å². The van der Waals surface area contributed by atoms with Crippen LogP contribution in [-0.2, 0) is 4.74 Å². The highest BCUT2D eigenvalue weighted by Crippen LogP contribution is 2.13. The van der Waals surface area contributed by atoms with E-state index >= 15 is 0 Å². The van der Waals surface area contributed by atoms with Crippen molar-refractivity contribution in [3.63, 3.8) is 0 Å². The second-order valence-corrected chi connectivity index (χ2v) is 8.37. The molecule has 1 aliphatic heterocycles. The molecule has 0 aliphatic carbocycles. The zero-order valence-corrected chi connectivity index (χ0v) is 17.1. The Hall–Kier alpha value is -2.08. The first-order valence-corrected chi connectivity index (χ1v) is 9.97. The molecule has 2 rings (SSSR count). The van der Waals surface area contributed by atoms with Crippen molar-refractivity contribution in [3.8, 4) is 0 Å². The summed E-state index contributed by atoms with van der Waals surface area (Å²) in [5.41, 5.74) is 0.643. The maximum atomic E-state index is 12.3. The molecule has 3 N–H and O–H groups in total. The van der Waals surface area contributed by atoms with Gasteiger partial charge in [-0.05, 0) is 71.2 Å². The Bertz CT molecular complexity index is 623. The van der Waals surface area contributed by atoms with Crippen molar-refractivity contribution in [1.29, 1.82) is 0 Å². The molecule has 6 nitrogen and oxygen atoms in total. The minimum Gasteiger partial charge on any atom is -0.444 e. The fourth-order valence-corrected chi connectivity index (χ4v) is 3.37. The number of anilines is 1. The predicted octanol–water partition coefficient (Wildman–Crippen LogP) is 2.61. The van der Waals surface area contributed by atoms with Gasteiger partial charge in [-0.1, -0.05) is 0 Å². The monoisotopic (exact) mass is 376 g/mol. The molecule has 1 fully saturated rings. The van der Waals surface area contributed by atoms with Gasteiger partial charge in [0.05, 0.1) is 19.1 Å². The number of rotatable bonds is 6. The lowest BCUT2D eigenvalue weighted by Crippen LogP contribution is -3.16. The van der Waals surface area contributed by atoms with Crippen LogP contribution < -0.4 is 15.5 Å². The number of carbonyl (C=O) groups is 2. The van der Waals surface area contributed by atoms with Crippen LogP contribution in [-0.4, -0.2) is 43.3 Å². The van der Waals surface area contributed by atoms with Crippen molar-refractivity contribution >= 4 is 17.7 Å². The molecule has 0 saturated carbocycles. The molecule has 1 unspecified atom stereocenters. The van der Waals surface area contributed by atoms with E-state index in [2.05, 4.69) is 17.6 Å². The van der Waals surface area contributed by atoms with Crippen LogP contribution in [0.25, 0.3) is 0 Å². The van der Waals surface area contributed by atoms with Crippen LogP contribution in [0.1, 0.15) is 63.7 Å². The second kappa shape index (κ2) is 9.74. The number of hydrogen-bond acceptors (Lipinski definition) is 3. The summed E-state index contributed by atoms with van der Waals surface area (Å²) in [5, 5.41) is 5.64. The highest BCUT2D eigenvalue weighted by molar-refractivity contribution is 5.95. The second-order valence-electron chi connectivity index (χ2n) is 8.37. The van der Waals surface area contributed by atoms with Gasteiger partial charge in [-0.3, -0.25) is 10.1 Å². The van der Waals surface area contributed by atoms with Crippen molar-refractivity contribution in [2.75, 3.05) is 25.0 Å². The molecule has 150 valence electrons. The normalized spacial score (nSPS) is 20.0. The summed E-state index contributed by atoms with van der Waals surface area (Å²) in [6.45, 7) is 10.8. The number of amides is 2. The van der Waals surface area contributed by atoms with E-state index in [1.54, 1.807) is 29.2 Å². The van der Waals surface area contributed by atoms with Crippen LogP contribution in [0, 0.1) is 0 Å². The summed E-state index contributed by atoms with van der Waals surface area (Å²) in [7, 11) is 0. The Kier molecular flexibility index (Phi) is 7.66. The first kappa shape index (κ1) is 21.2. The van der Waals surface area contributed by atoms with Gasteiger partial charge >= 0.3 is 6.09 Å². The van der Waals surface area contributed by atoms with E-state index in [-0.39, 0.29) is 5.91 Å². The fourth-order valence-electron chi connectivity index (χ4n) is 3.37. The van der Waals surface area contributed by atoms with E-state index < -0.39 is 11.7 Å². The number of quaternary nitrogens is 1. The Morgan fingerprint density at radius 3 is 2.52 bits per heavy atom. The van der Waals surface area contributed by atoms with Gasteiger partial charge in [0.2, 0.25) is 0 Å². The molecule has 0 aromatic heterocycles. The molecule has 6 heteroatoms. The number of piperidine rings is 1. The molecule has 27 heavy (non-hydrogen) atoms. The Morgan fingerprint density at radius 1 is 1.19 bits per heavy atom. The molecule has 1 aromatic rings. The molecular weight excluding hydrogens is 342 g/mol. The van der Waals surface area contributed by atoms with Gasteiger partial charge in [0, 0.05) is 24.2 Å². The van der Waals surface area contributed by atoms with Crippen molar-refractivity contribution in [2.45, 2.75) is 65.0 Å². The third-order valence-electron chi connectivity index (χ3n) is 4.83. The first-order chi connectivity index (χ1) is 12.7. The van der Waals surface area contributed by atoms with Gasteiger partial charge in [0.25, 0.3) is 5.91 Å². The van der Waals surface area contributed by atoms with E-state index in [1.807, 2.05) is 20.8 Å². The van der Waals surface area contributed by atoms with Crippen LogP contribution in [0.2, 0.25) is 0 Å². The molecule has 0 bridgehead atoms. The summed E-state index contributed by atoms with van der Waals surface area (Å²) >= 11 is 0. The molecule has 2 atom stereocenters. The molecule has 2 amide bonds. The van der Waals surface area contributed by atoms with Crippen molar-refractivity contribution in [2.24, 2.45) is 0 Å². The van der Waals surface area contributed by atoms with Crippen LogP contribution in [0.5, 0.6) is 0 Å². The maximum Gasteiger partial charge on any atom is 0.412 e. The molecule has 1 aliphatic rings. The molecule has 1 heterocycles. The third-order valence-corrected chi connectivity index (χ3v) is 4.83. The largest absolute Gasteiger partial charge is 0.444 e. The lowest BCUT2D eigenvalue weighted by atomic mass is 10.0. The van der Waals surface area contributed by atoms with E-state index in [0.29, 0.717) is 17.8 Å². The third kappa shape index (κ3) is 7.59. The van der Waals surface area contributed by atoms with Crippen molar-refractivity contribution < 1.29 is 19.2 Å². The zero-order valence-electron chi connectivity index (χ0n) is 17.1. The SMILES string of the molecule is C[C@H]1CCCC[NH+]1CCCNC(=O)c1ccc(NC(=O)OC(C)(C)C)cc1. The first-order valence-electron chi connectivity index (χ1n) is 9.97. The lowest BCUT2D eigenvalue weighted by Gasteiger charge is -2.30. The Labute approximate surface area is 162 Å². The van der Waals surface area contributed by atoms with E-state index in [9.17, 15) is 9.59 Å². The minimum atomic E-state index is -0.544. The van der Waals surface area contributed by atoms with Gasteiger partial charge in [0.1, 0.15) is 5.60 Å². The summed E-state index contributed by atoms with van der Waals surface area (Å²) in [4.78, 5) is 25.7. The van der Waals surface area contributed by atoms with Gasteiger partial charge in [-0.2, -0.15) is 0 Å². The molecule has 0 spiro atoms. The van der Waals surface area contributed by atoms with Crippen molar-refractivity contribution in [3.05, 3.63) is 29.8 Å². The number of benzene rings is 1. The van der Waals surface area contributed by atoms with E-state index in [4.69, 9.17) is 4.74 Å². The number of likely N-dealkylation sites (tertiary alicyclic amines) is 1. The predicted molar refractivity (Wildman–Crippen MR) is 107 cm³/mol. The number of carbonyl (C=O) groups excluding carboxylic acids is 2. The van der Waals surface area contributed by atoms with Gasteiger partial charge in [0.15, 0.2) is 0 Å². The fraction of sp³-hybridized carbons (Fsp3) is 0.619. The van der Waals surface area contributed by atoms with E-state index in [0.717, 1.165) is 19.0 Å². The molecule has 0 radical (unpaired) electrons. The number of nitrogens with one attached hydrogen (secondary N) is 3. The molecule has 1 saturated heterocycles. The van der Waals surface area contributed by atoms with Crippen LogP contribution in [0.3, 0.4) is 0 Å². The highest BCUT2D eigenvalue weighted by Gasteiger charge is 2.21. The Balaban J connectivity index is 1.72. The lowest BCUT2D eigenvalue weighted by molar-refractivity contribution is -0.928. The number of ether oxygens (including phenoxy) is 1. The van der Waals surface area contributed by atoms with Gasteiger partial charge < -0.3 is 15.0 Å². The van der Waals surface area contributed by atoms with Gasteiger partial charge in [-0.15, -0.1) is 0 Å². The zero-order chi connectivity index (χ0) is 19.9. The van der Waals surface area contributed by atoms with Crippen LogP contribution in [0.15, 0.2) is 24.3 Å². The minimum absolute atomic E-state index is 0.0829. The van der Waals surface area contributed by atoms with Crippen LogP contribution in [0.4, 0.5) is 10.5 Å². The Morgan fingerprint density at radius 2 is 1.89 bits per heavy atom. The summed E-state index contributed by atoms with van der Waals surface area (Å²) < 4.78 is 5.21. The standard InChI is InChI=1S/C21H33N3O3/c1-16-8-5-6-14-24(16)15-7-13-22-19(25)17-9-11-18(12-10-17)23-20(26)27-21(2,3)4/h9-12,16H,5-8,13-15H2,1-4H3,(H,22,25)(H,23,26)/p+1/t16-/m0/s1. The quantitative estimate of drug-likeness (QED) is 0.669. The average molecular weight is 377 g/mol. The highest BCUT2D eigenvalue weighted by atomic mass is 16.6.